The molecule has 3 atom stereocenters. The zero-order valence-corrected chi connectivity index (χ0v) is 12.1. The second-order valence-corrected chi connectivity index (χ2v) is 6.99. The van der Waals surface area contributed by atoms with Crippen molar-refractivity contribution >= 4 is 0 Å². The average Bonchev–Trinajstić information content (AvgIpc) is 2.90. The first-order valence-electron chi connectivity index (χ1n) is 7.70. The lowest BCUT2D eigenvalue weighted by Crippen LogP contribution is -2.35. The van der Waals surface area contributed by atoms with E-state index >= 15 is 0 Å². The third kappa shape index (κ3) is 2.89. The zero-order valence-electron chi connectivity index (χ0n) is 12.1. The predicted octanol–water partition coefficient (Wildman–Crippen LogP) is 1.83. The Bertz CT molecular complexity index is 276. The number of hydrogen-bond acceptors (Lipinski definition) is 3. The van der Waals surface area contributed by atoms with Gasteiger partial charge in [-0.25, -0.2) is 0 Å². The highest BCUT2D eigenvalue weighted by Gasteiger charge is 2.43. The van der Waals surface area contributed by atoms with Gasteiger partial charge in [0, 0.05) is 38.1 Å². The molecular formula is C15H28N2O. The third-order valence-electron chi connectivity index (χ3n) is 4.98. The molecule has 104 valence electrons. The van der Waals surface area contributed by atoms with Gasteiger partial charge in [0.15, 0.2) is 0 Å². The Morgan fingerprint density at radius 3 is 2.67 bits per heavy atom. The maximum absolute atomic E-state index is 6.26. The maximum Gasteiger partial charge on any atom is 0.0747 e. The molecule has 2 heterocycles. The molecule has 3 rings (SSSR count). The number of likely N-dealkylation sites (N-methyl/N-ethyl adjacent to an activating group) is 1. The molecule has 0 N–H and O–H groups in total. The smallest absolute Gasteiger partial charge is 0.0747 e. The lowest BCUT2D eigenvalue weighted by Gasteiger charge is -2.25. The Morgan fingerprint density at radius 1 is 1.28 bits per heavy atom. The van der Waals surface area contributed by atoms with Crippen molar-refractivity contribution in [3.63, 3.8) is 0 Å². The molecular weight excluding hydrogens is 224 g/mol. The van der Waals surface area contributed by atoms with E-state index in [4.69, 9.17) is 4.74 Å². The van der Waals surface area contributed by atoms with Crippen molar-refractivity contribution in [2.75, 3.05) is 33.2 Å². The Kier molecular flexibility index (Phi) is 3.65. The van der Waals surface area contributed by atoms with Crippen LogP contribution in [0.25, 0.3) is 0 Å². The molecule has 2 saturated heterocycles. The maximum atomic E-state index is 6.26. The normalized spacial score (nSPS) is 36.8. The van der Waals surface area contributed by atoms with Crippen molar-refractivity contribution in [3.05, 3.63) is 0 Å². The molecule has 18 heavy (non-hydrogen) atoms. The van der Waals surface area contributed by atoms with Crippen LogP contribution in [0, 0.1) is 11.8 Å². The summed E-state index contributed by atoms with van der Waals surface area (Å²) in [6.45, 7) is 9.45. The molecule has 1 saturated carbocycles. The van der Waals surface area contributed by atoms with E-state index in [0.717, 1.165) is 18.4 Å². The van der Waals surface area contributed by atoms with Crippen LogP contribution in [0.2, 0.25) is 0 Å². The fraction of sp³-hybridized carbons (Fsp3) is 1.00. The van der Waals surface area contributed by atoms with Gasteiger partial charge in [0.05, 0.1) is 12.2 Å². The van der Waals surface area contributed by atoms with E-state index in [1.807, 2.05) is 0 Å². The number of ether oxygens (including phenoxy) is 1. The van der Waals surface area contributed by atoms with Crippen LogP contribution in [0.5, 0.6) is 0 Å². The summed E-state index contributed by atoms with van der Waals surface area (Å²) in [6, 6.07) is 0.625. The first kappa shape index (κ1) is 12.9. The van der Waals surface area contributed by atoms with E-state index in [0.29, 0.717) is 18.2 Å². The number of rotatable bonds is 5. The summed E-state index contributed by atoms with van der Waals surface area (Å²) in [7, 11) is 2.21. The quantitative estimate of drug-likeness (QED) is 0.742. The molecule has 3 nitrogen and oxygen atoms in total. The van der Waals surface area contributed by atoms with Crippen molar-refractivity contribution in [1.82, 2.24) is 9.80 Å². The van der Waals surface area contributed by atoms with Crippen LogP contribution in [0.1, 0.15) is 33.1 Å². The molecule has 0 aromatic rings. The van der Waals surface area contributed by atoms with Gasteiger partial charge in [0.1, 0.15) is 0 Å². The molecule has 2 aliphatic heterocycles. The van der Waals surface area contributed by atoms with Crippen molar-refractivity contribution in [2.24, 2.45) is 11.8 Å². The molecule has 0 aromatic carbocycles. The second-order valence-electron chi connectivity index (χ2n) is 6.99. The van der Waals surface area contributed by atoms with Crippen LogP contribution < -0.4 is 0 Å². The van der Waals surface area contributed by atoms with Crippen LogP contribution in [-0.4, -0.2) is 61.3 Å². The summed E-state index contributed by atoms with van der Waals surface area (Å²) >= 11 is 0. The fourth-order valence-corrected chi connectivity index (χ4v) is 3.41. The minimum Gasteiger partial charge on any atom is -0.372 e. The van der Waals surface area contributed by atoms with E-state index < -0.39 is 0 Å². The summed E-state index contributed by atoms with van der Waals surface area (Å²) in [5.41, 5.74) is 0. The van der Waals surface area contributed by atoms with Gasteiger partial charge in [-0.2, -0.15) is 0 Å². The predicted molar refractivity (Wildman–Crippen MR) is 73.7 cm³/mol. The van der Waals surface area contributed by atoms with Gasteiger partial charge in [-0.05, 0) is 46.1 Å². The van der Waals surface area contributed by atoms with E-state index in [1.54, 1.807) is 0 Å². The van der Waals surface area contributed by atoms with Gasteiger partial charge >= 0.3 is 0 Å². The largest absolute Gasteiger partial charge is 0.372 e. The minimum absolute atomic E-state index is 0.482. The van der Waals surface area contributed by atoms with Gasteiger partial charge in [-0.15, -0.1) is 0 Å². The minimum atomic E-state index is 0.482. The van der Waals surface area contributed by atoms with Crippen molar-refractivity contribution in [1.29, 1.82) is 0 Å². The van der Waals surface area contributed by atoms with Gasteiger partial charge in [0.25, 0.3) is 0 Å². The number of hydrogen-bond donors (Lipinski definition) is 0. The second kappa shape index (κ2) is 5.10. The summed E-state index contributed by atoms with van der Waals surface area (Å²) in [4.78, 5) is 5.06. The molecule has 0 radical (unpaired) electrons. The third-order valence-corrected chi connectivity index (χ3v) is 4.98. The summed E-state index contributed by atoms with van der Waals surface area (Å²) < 4.78 is 6.26. The molecule has 0 spiro atoms. The molecule has 0 aromatic heterocycles. The average molecular weight is 252 g/mol. The van der Waals surface area contributed by atoms with Crippen molar-refractivity contribution in [3.8, 4) is 0 Å². The van der Waals surface area contributed by atoms with E-state index in [2.05, 4.69) is 30.7 Å². The van der Waals surface area contributed by atoms with E-state index in [1.165, 1.54) is 38.9 Å². The highest BCUT2D eigenvalue weighted by atomic mass is 16.5. The van der Waals surface area contributed by atoms with Crippen LogP contribution in [0.4, 0.5) is 0 Å². The number of nitrogens with zero attached hydrogens (tertiary/aromatic N) is 2. The Labute approximate surface area is 111 Å². The molecule has 3 heteroatoms. The lowest BCUT2D eigenvalue weighted by molar-refractivity contribution is 0.0173. The highest BCUT2D eigenvalue weighted by Crippen LogP contribution is 2.36. The number of likely N-dealkylation sites (tertiary alicyclic amines) is 1. The van der Waals surface area contributed by atoms with Gasteiger partial charge in [-0.1, -0.05) is 0 Å². The standard InChI is InChI=1S/C15H28N2O/c1-11(2)16(3)9-14-6-13-8-17(7-12-4-5-12)10-15(13)18-14/h11-15H,4-10H2,1-3H3/t13-,14-,15+/m0/s1. The topological polar surface area (TPSA) is 15.7 Å². The van der Waals surface area contributed by atoms with Gasteiger partial charge in [-0.3, -0.25) is 0 Å². The zero-order chi connectivity index (χ0) is 12.7. The monoisotopic (exact) mass is 252 g/mol. The first-order valence-corrected chi connectivity index (χ1v) is 7.70. The molecule has 0 bridgehead atoms. The van der Waals surface area contributed by atoms with Crippen LogP contribution in [-0.2, 0) is 4.74 Å². The van der Waals surface area contributed by atoms with Crippen LogP contribution in [0.3, 0.4) is 0 Å². The Hall–Kier alpha value is -0.120. The number of fused-ring (bicyclic) bond motifs is 1. The molecule has 3 fully saturated rings. The highest BCUT2D eigenvalue weighted by molar-refractivity contribution is 4.94. The fourth-order valence-electron chi connectivity index (χ4n) is 3.41. The van der Waals surface area contributed by atoms with E-state index in [-0.39, 0.29) is 0 Å². The molecule has 3 aliphatic rings. The first-order chi connectivity index (χ1) is 8.61. The Morgan fingerprint density at radius 2 is 2.06 bits per heavy atom. The van der Waals surface area contributed by atoms with E-state index in [9.17, 15) is 0 Å². The molecule has 0 unspecified atom stereocenters. The summed E-state index contributed by atoms with van der Waals surface area (Å²) in [6.07, 6.45) is 5.23. The summed E-state index contributed by atoms with van der Waals surface area (Å²) in [5, 5.41) is 0. The van der Waals surface area contributed by atoms with Crippen molar-refractivity contribution in [2.45, 2.75) is 51.4 Å². The SMILES string of the molecule is CC(C)N(C)C[C@@H]1C[C@H]2CN(CC3CC3)C[C@H]2O1. The van der Waals surface area contributed by atoms with Crippen LogP contribution >= 0.6 is 0 Å². The lowest BCUT2D eigenvalue weighted by atomic mass is 10.0. The molecule has 1 aliphatic carbocycles. The van der Waals surface area contributed by atoms with Gasteiger partial charge < -0.3 is 14.5 Å². The van der Waals surface area contributed by atoms with Gasteiger partial charge in [0.2, 0.25) is 0 Å². The van der Waals surface area contributed by atoms with Crippen molar-refractivity contribution < 1.29 is 4.74 Å². The van der Waals surface area contributed by atoms with Crippen LogP contribution in [0.15, 0.2) is 0 Å². The summed E-state index contributed by atoms with van der Waals surface area (Å²) in [5.74, 6) is 1.83. The Balaban J connectivity index is 1.44. The molecule has 0 amide bonds.